The van der Waals surface area contributed by atoms with Crippen LogP contribution in [0.3, 0.4) is 0 Å². The molecule has 300 valence electrons. The molecule has 0 unspecified atom stereocenters. The molecular formula is C55H49N4O2+. The second-order valence-electron chi connectivity index (χ2n) is 18.1. The predicted molar refractivity (Wildman–Crippen MR) is 249 cm³/mol. The summed E-state index contributed by atoms with van der Waals surface area (Å²) in [4.78, 5) is 4.92. The summed E-state index contributed by atoms with van der Waals surface area (Å²) in [6.07, 6.45) is 5.88. The van der Waals surface area contributed by atoms with E-state index in [0.717, 1.165) is 84.2 Å². The molecule has 61 heavy (non-hydrogen) atoms. The van der Waals surface area contributed by atoms with Crippen LogP contribution < -0.4 is 9.30 Å². The molecule has 6 aromatic carbocycles. The molecule has 6 nitrogen and oxygen atoms in total. The molecule has 0 aliphatic carbocycles. The first-order valence-corrected chi connectivity index (χ1v) is 21.0. The van der Waals surface area contributed by atoms with Gasteiger partial charge in [-0.3, -0.25) is 4.57 Å². The number of nitrogens with zero attached hydrogens (tertiary/aromatic N) is 4. The van der Waals surface area contributed by atoms with E-state index in [1.54, 1.807) is 0 Å². The number of hydrogen-bond donors (Lipinski definition) is 0. The molecule has 10 rings (SSSR count). The Balaban J connectivity index is 1.06. The molecule has 4 heterocycles. The molecule has 0 aliphatic heterocycles. The van der Waals surface area contributed by atoms with Crippen molar-refractivity contribution >= 4 is 27.5 Å². The van der Waals surface area contributed by atoms with Gasteiger partial charge in [0.05, 0.1) is 18.1 Å². The summed E-state index contributed by atoms with van der Waals surface area (Å²) in [6, 6.07) is 53.5. The van der Waals surface area contributed by atoms with Gasteiger partial charge in [0.25, 0.3) is 6.33 Å². The zero-order chi connectivity index (χ0) is 42.0. The van der Waals surface area contributed by atoms with Gasteiger partial charge in [-0.15, -0.1) is 0 Å². The van der Waals surface area contributed by atoms with Crippen LogP contribution in [0.1, 0.15) is 52.7 Å². The minimum atomic E-state index is -0.0208. The quantitative estimate of drug-likeness (QED) is 0.151. The molecular weight excluding hydrogens is 749 g/mol. The van der Waals surface area contributed by atoms with Crippen LogP contribution in [0.25, 0.3) is 78.1 Å². The molecule has 0 spiro atoms. The monoisotopic (exact) mass is 797 g/mol. The fourth-order valence-electron chi connectivity index (χ4n) is 8.66. The van der Waals surface area contributed by atoms with E-state index in [1.165, 1.54) is 16.5 Å². The molecule has 0 saturated heterocycles. The summed E-state index contributed by atoms with van der Waals surface area (Å²) >= 11 is 0. The lowest BCUT2D eigenvalue weighted by atomic mass is 9.86. The number of oxazole rings is 1. The fourth-order valence-corrected chi connectivity index (χ4v) is 8.66. The Kier molecular flexibility index (Phi) is 9.06. The highest BCUT2D eigenvalue weighted by molar-refractivity contribution is 6.10. The Morgan fingerprint density at radius 1 is 0.574 bits per heavy atom. The van der Waals surface area contributed by atoms with Crippen molar-refractivity contribution in [2.45, 2.75) is 52.4 Å². The van der Waals surface area contributed by atoms with Crippen LogP contribution in [0.4, 0.5) is 0 Å². The zero-order valence-electron chi connectivity index (χ0n) is 35.8. The van der Waals surface area contributed by atoms with E-state index in [9.17, 15) is 0 Å². The smallest absolute Gasteiger partial charge is 0.343 e. The topological polar surface area (TPSA) is 48.5 Å². The first-order chi connectivity index (χ1) is 29.4. The molecule has 4 aromatic heterocycles. The average Bonchev–Trinajstić information content (AvgIpc) is 3.92. The zero-order valence-corrected chi connectivity index (χ0v) is 35.8. The van der Waals surface area contributed by atoms with Crippen molar-refractivity contribution in [1.29, 1.82) is 0 Å². The maximum absolute atomic E-state index is 6.73. The lowest BCUT2D eigenvalue weighted by Gasteiger charge is -2.20. The highest BCUT2D eigenvalue weighted by atomic mass is 16.5. The van der Waals surface area contributed by atoms with Gasteiger partial charge in [-0.25, -0.2) is 9.55 Å². The Morgan fingerprint density at radius 3 is 1.90 bits per heavy atom. The molecule has 0 atom stereocenters. The third-order valence-electron chi connectivity index (χ3n) is 11.9. The second-order valence-corrected chi connectivity index (χ2v) is 18.1. The van der Waals surface area contributed by atoms with Gasteiger partial charge in [-0.2, -0.15) is 4.40 Å². The summed E-state index contributed by atoms with van der Waals surface area (Å²) in [6.45, 7) is 13.5. The second kappa shape index (κ2) is 14.5. The number of pyridine rings is 1. The van der Waals surface area contributed by atoms with Crippen molar-refractivity contribution in [1.82, 2.24) is 14.0 Å². The lowest BCUT2D eigenvalue weighted by Crippen LogP contribution is -2.28. The van der Waals surface area contributed by atoms with Crippen LogP contribution in [0.2, 0.25) is 0 Å². The van der Waals surface area contributed by atoms with Crippen LogP contribution in [-0.4, -0.2) is 14.0 Å². The van der Waals surface area contributed by atoms with Gasteiger partial charge in [-0.05, 0) is 92.7 Å². The Labute approximate surface area is 357 Å². The van der Waals surface area contributed by atoms with E-state index in [-0.39, 0.29) is 10.8 Å². The van der Waals surface area contributed by atoms with E-state index in [4.69, 9.17) is 14.1 Å². The highest BCUT2D eigenvalue weighted by Gasteiger charge is 2.29. The van der Waals surface area contributed by atoms with Gasteiger partial charge < -0.3 is 9.15 Å². The minimum Gasteiger partial charge on any atom is -0.457 e. The summed E-state index contributed by atoms with van der Waals surface area (Å²) < 4.78 is 19.8. The van der Waals surface area contributed by atoms with Crippen molar-refractivity contribution < 1.29 is 13.7 Å². The van der Waals surface area contributed by atoms with Gasteiger partial charge in [-0.1, -0.05) is 139 Å². The molecule has 0 fully saturated rings. The van der Waals surface area contributed by atoms with E-state index in [2.05, 4.69) is 208 Å². The first-order valence-electron chi connectivity index (χ1n) is 21.0. The molecule has 10 aromatic rings. The number of aromatic nitrogens is 4. The van der Waals surface area contributed by atoms with Crippen molar-refractivity contribution in [3.8, 4) is 62.1 Å². The number of aryl methyl sites for hydroxylation is 1. The third-order valence-corrected chi connectivity index (χ3v) is 11.9. The largest absolute Gasteiger partial charge is 0.457 e. The number of rotatable bonds is 7. The van der Waals surface area contributed by atoms with Crippen molar-refractivity contribution in [3.05, 3.63) is 182 Å². The number of fused-ring (bicyclic) bond motifs is 4. The SMILES string of the molecule is C[n+]1cn2c(-c3cccc(Oc4ccc5c6cc(C(C)(C)C)ccc6n(-c6cc(C(C)(C)C)ccn6)c5c4)c3)coc2c1-c1c(-c2ccccc2)cccc1-c1ccccc1. The molecule has 0 bridgehead atoms. The summed E-state index contributed by atoms with van der Waals surface area (Å²) in [5.41, 5.74) is 14.0. The predicted octanol–water partition coefficient (Wildman–Crippen LogP) is 13.9. The first kappa shape index (κ1) is 38.0. The Bertz CT molecular complexity index is 3190. The molecule has 0 amide bonds. The number of hydrogen-bond acceptors (Lipinski definition) is 3. The molecule has 6 heteroatoms. The van der Waals surface area contributed by atoms with Crippen LogP contribution >= 0.6 is 0 Å². The van der Waals surface area contributed by atoms with Gasteiger partial charge in [0.2, 0.25) is 5.69 Å². The summed E-state index contributed by atoms with van der Waals surface area (Å²) in [5.74, 6) is 2.37. The highest BCUT2D eigenvalue weighted by Crippen LogP contribution is 2.42. The van der Waals surface area contributed by atoms with Crippen molar-refractivity contribution in [2.24, 2.45) is 7.05 Å². The van der Waals surface area contributed by atoms with Crippen LogP contribution in [-0.2, 0) is 17.9 Å². The van der Waals surface area contributed by atoms with Gasteiger partial charge in [0.15, 0.2) is 5.69 Å². The average molecular weight is 798 g/mol. The van der Waals surface area contributed by atoms with E-state index >= 15 is 0 Å². The maximum Gasteiger partial charge on any atom is 0.343 e. The molecule has 0 aliphatic rings. The van der Waals surface area contributed by atoms with E-state index < -0.39 is 0 Å². The molecule has 0 saturated carbocycles. The Hall–Kier alpha value is -7.18. The normalized spacial score (nSPS) is 12.2. The summed E-state index contributed by atoms with van der Waals surface area (Å²) in [7, 11) is 2.09. The third kappa shape index (κ3) is 6.78. The molecule has 0 N–H and O–H groups in total. The van der Waals surface area contributed by atoms with Crippen molar-refractivity contribution in [3.63, 3.8) is 0 Å². The summed E-state index contributed by atoms with van der Waals surface area (Å²) in [5, 5.41) is 2.36. The van der Waals surface area contributed by atoms with Gasteiger partial charge >= 0.3 is 5.71 Å². The van der Waals surface area contributed by atoms with Crippen molar-refractivity contribution in [2.75, 3.05) is 0 Å². The number of benzene rings is 6. The van der Waals surface area contributed by atoms with E-state index in [1.807, 2.05) is 24.6 Å². The van der Waals surface area contributed by atoms with Gasteiger partial charge in [0.1, 0.15) is 23.6 Å². The Morgan fingerprint density at radius 2 is 1.21 bits per heavy atom. The maximum atomic E-state index is 6.73. The van der Waals surface area contributed by atoms with Crippen LogP contribution in [0.5, 0.6) is 11.5 Å². The molecule has 0 radical (unpaired) electrons. The van der Waals surface area contributed by atoms with Gasteiger partial charge in [0, 0.05) is 34.2 Å². The number of ether oxygens (including phenoxy) is 1. The standard InChI is InChI=1S/C55H49N4O2/c1-54(2,3)39-24-27-47-46(31-39)45-26-25-42(33-48(45)59(47)50-32-40(28-29-56-50)55(4,5)6)61-41-21-14-20-38(30-41)49-34-60-53-52(57(7)35-58(49)53)51-43(36-16-10-8-11-17-36)22-15-23-44(51)37-18-12-9-13-19-37/h8-35H,1-7H3/q+1. The number of imidazole rings is 1. The van der Waals surface area contributed by atoms with Crippen LogP contribution in [0, 0.1) is 0 Å². The fraction of sp³-hybridized carbons (Fsp3) is 0.164. The van der Waals surface area contributed by atoms with E-state index in [0.29, 0.717) is 0 Å². The lowest BCUT2D eigenvalue weighted by molar-refractivity contribution is -0.659. The van der Waals surface area contributed by atoms with Crippen LogP contribution in [0.15, 0.2) is 175 Å². The minimum absolute atomic E-state index is 0.0129.